The van der Waals surface area contributed by atoms with E-state index in [1.165, 1.54) is 5.56 Å². The van der Waals surface area contributed by atoms with Gasteiger partial charge in [-0.25, -0.2) is 0 Å². The topological polar surface area (TPSA) is 20.3 Å². The molecule has 0 bridgehead atoms. The first-order valence-corrected chi connectivity index (χ1v) is 7.03. The van der Waals surface area contributed by atoms with E-state index in [0.29, 0.717) is 24.3 Å². The van der Waals surface area contributed by atoms with Crippen molar-refractivity contribution in [1.82, 2.24) is 4.90 Å². The van der Waals surface area contributed by atoms with Gasteiger partial charge in [0.05, 0.1) is 6.04 Å². The molecular formula is C16H23NO. The summed E-state index contributed by atoms with van der Waals surface area (Å²) in [4.78, 5) is 14.3. The predicted molar refractivity (Wildman–Crippen MR) is 74.2 cm³/mol. The Kier molecular flexibility index (Phi) is 4.40. The molecule has 18 heavy (non-hydrogen) atoms. The first kappa shape index (κ1) is 13.1. The molecule has 0 saturated carbocycles. The molecule has 0 spiro atoms. The highest BCUT2D eigenvalue weighted by atomic mass is 16.2. The van der Waals surface area contributed by atoms with Gasteiger partial charge in [-0.3, -0.25) is 4.79 Å². The fraction of sp³-hybridized carbons (Fsp3) is 0.562. The lowest BCUT2D eigenvalue weighted by Gasteiger charge is -2.25. The van der Waals surface area contributed by atoms with E-state index >= 15 is 0 Å². The van der Waals surface area contributed by atoms with Crippen molar-refractivity contribution < 1.29 is 4.79 Å². The number of hydrogen-bond acceptors (Lipinski definition) is 1. The fourth-order valence-corrected chi connectivity index (χ4v) is 2.64. The van der Waals surface area contributed by atoms with Crippen LogP contribution in [0.2, 0.25) is 0 Å². The third-order valence-corrected chi connectivity index (χ3v) is 3.69. The van der Waals surface area contributed by atoms with Gasteiger partial charge in [-0.05, 0) is 30.7 Å². The lowest BCUT2D eigenvalue weighted by molar-refractivity contribution is -0.132. The molecule has 0 N–H and O–H groups in total. The molecule has 1 aliphatic rings. The highest BCUT2D eigenvalue weighted by molar-refractivity contribution is 5.77. The van der Waals surface area contributed by atoms with E-state index in [1.807, 2.05) is 6.07 Å². The lowest BCUT2D eigenvalue weighted by atomic mass is 10.0. The molecule has 2 heteroatoms. The third kappa shape index (κ3) is 3.12. The Hall–Kier alpha value is -1.31. The summed E-state index contributed by atoms with van der Waals surface area (Å²) in [6.45, 7) is 5.27. The molecule has 98 valence electrons. The van der Waals surface area contributed by atoms with Crippen molar-refractivity contribution in [2.75, 3.05) is 6.54 Å². The summed E-state index contributed by atoms with van der Waals surface area (Å²) in [5, 5.41) is 0. The van der Waals surface area contributed by atoms with E-state index in [2.05, 4.69) is 43.0 Å². The van der Waals surface area contributed by atoms with Crippen molar-refractivity contribution in [3.8, 4) is 0 Å². The summed E-state index contributed by atoms with van der Waals surface area (Å²) >= 11 is 0. The van der Waals surface area contributed by atoms with Crippen molar-refractivity contribution in [3.63, 3.8) is 0 Å². The Labute approximate surface area is 110 Å². The molecule has 1 heterocycles. The first-order chi connectivity index (χ1) is 8.68. The third-order valence-electron chi connectivity index (χ3n) is 3.69. The minimum Gasteiger partial charge on any atom is -0.336 e. The summed E-state index contributed by atoms with van der Waals surface area (Å²) in [6.07, 6.45) is 3.93. The molecular weight excluding hydrogens is 222 g/mol. The van der Waals surface area contributed by atoms with Gasteiger partial charge in [0.25, 0.3) is 0 Å². The fourth-order valence-electron chi connectivity index (χ4n) is 2.64. The van der Waals surface area contributed by atoms with Crippen LogP contribution in [0.3, 0.4) is 0 Å². The summed E-state index contributed by atoms with van der Waals surface area (Å²) in [7, 11) is 0. The molecule has 0 radical (unpaired) electrons. The van der Waals surface area contributed by atoms with Crippen molar-refractivity contribution in [1.29, 1.82) is 0 Å². The van der Waals surface area contributed by atoms with Crippen molar-refractivity contribution >= 4 is 5.91 Å². The van der Waals surface area contributed by atoms with Gasteiger partial charge in [-0.1, -0.05) is 44.2 Å². The Morgan fingerprint density at radius 1 is 1.33 bits per heavy atom. The van der Waals surface area contributed by atoms with Crippen LogP contribution in [0.1, 0.15) is 51.1 Å². The molecule has 0 aliphatic carbocycles. The van der Waals surface area contributed by atoms with Crippen LogP contribution in [-0.2, 0) is 4.79 Å². The summed E-state index contributed by atoms with van der Waals surface area (Å²) in [5.41, 5.74) is 1.29. The van der Waals surface area contributed by atoms with Crippen LogP contribution in [0.5, 0.6) is 0 Å². The van der Waals surface area contributed by atoms with E-state index in [-0.39, 0.29) is 0 Å². The van der Waals surface area contributed by atoms with Crippen LogP contribution < -0.4 is 0 Å². The van der Waals surface area contributed by atoms with Crippen LogP contribution in [0.15, 0.2) is 30.3 Å². The van der Waals surface area contributed by atoms with Crippen LogP contribution in [0, 0.1) is 5.92 Å². The maximum Gasteiger partial charge on any atom is 0.223 e. The standard InChI is InChI=1S/C16H23NO/c1-13(2)10-11-16(18)17-12-6-9-15(17)14-7-4-3-5-8-14/h3-5,7-8,13,15H,6,9-12H2,1-2H3. The van der Waals surface area contributed by atoms with E-state index in [1.54, 1.807) is 0 Å². The van der Waals surface area contributed by atoms with E-state index < -0.39 is 0 Å². The average Bonchev–Trinajstić information content (AvgIpc) is 2.86. The zero-order chi connectivity index (χ0) is 13.0. The zero-order valence-electron chi connectivity index (χ0n) is 11.4. The van der Waals surface area contributed by atoms with Gasteiger partial charge in [-0.2, -0.15) is 0 Å². The van der Waals surface area contributed by atoms with Crippen LogP contribution >= 0.6 is 0 Å². The number of benzene rings is 1. The second-order valence-electron chi connectivity index (χ2n) is 5.59. The van der Waals surface area contributed by atoms with Crippen LogP contribution in [0.4, 0.5) is 0 Å². The molecule has 1 atom stereocenters. The maximum atomic E-state index is 12.3. The highest BCUT2D eigenvalue weighted by Gasteiger charge is 2.29. The smallest absolute Gasteiger partial charge is 0.223 e. The molecule has 1 aromatic rings. The van der Waals surface area contributed by atoms with Crippen LogP contribution in [-0.4, -0.2) is 17.4 Å². The molecule has 2 rings (SSSR count). The number of likely N-dealkylation sites (tertiary alicyclic amines) is 1. The number of rotatable bonds is 4. The van der Waals surface area contributed by atoms with Crippen molar-refractivity contribution in [2.24, 2.45) is 5.92 Å². The van der Waals surface area contributed by atoms with E-state index in [9.17, 15) is 4.79 Å². The van der Waals surface area contributed by atoms with Gasteiger partial charge < -0.3 is 4.90 Å². The Morgan fingerprint density at radius 3 is 2.72 bits per heavy atom. The number of carbonyl (C=O) groups is 1. The van der Waals surface area contributed by atoms with Crippen molar-refractivity contribution in [3.05, 3.63) is 35.9 Å². The highest BCUT2D eigenvalue weighted by Crippen LogP contribution is 2.32. The number of nitrogens with zero attached hydrogens (tertiary/aromatic N) is 1. The Bertz CT molecular complexity index is 385. The first-order valence-electron chi connectivity index (χ1n) is 7.03. The second-order valence-corrected chi connectivity index (χ2v) is 5.59. The van der Waals surface area contributed by atoms with Gasteiger partial charge in [0.15, 0.2) is 0 Å². The molecule has 1 fully saturated rings. The average molecular weight is 245 g/mol. The van der Waals surface area contributed by atoms with Gasteiger partial charge >= 0.3 is 0 Å². The van der Waals surface area contributed by atoms with Crippen LogP contribution in [0.25, 0.3) is 0 Å². The van der Waals surface area contributed by atoms with Gasteiger partial charge in [0.2, 0.25) is 5.91 Å². The van der Waals surface area contributed by atoms with Gasteiger partial charge in [0, 0.05) is 13.0 Å². The molecule has 0 aromatic heterocycles. The molecule has 1 aromatic carbocycles. The van der Waals surface area contributed by atoms with Gasteiger partial charge in [-0.15, -0.1) is 0 Å². The molecule has 1 aliphatic heterocycles. The second kappa shape index (κ2) is 6.03. The molecule has 2 nitrogen and oxygen atoms in total. The van der Waals surface area contributed by atoms with E-state index in [4.69, 9.17) is 0 Å². The largest absolute Gasteiger partial charge is 0.336 e. The predicted octanol–water partition coefficient (Wildman–Crippen LogP) is 3.79. The molecule has 1 amide bonds. The summed E-state index contributed by atoms with van der Waals surface area (Å²) in [6, 6.07) is 10.7. The molecule has 1 saturated heterocycles. The van der Waals surface area contributed by atoms with E-state index in [0.717, 1.165) is 25.8 Å². The number of carbonyl (C=O) groups excluding carboxylic acids is 1. The lowest BCUT2D eigenvalue weighted by Crippen LogP contribution is -2.30. The summed E-state index contributed by atoms with van der Waals surface area (Å²) < 4.78 is 0. The van der Waals surface area contributed by atoms with Gasteiger partial charge in [0.1, 0.15) is 0 Å². The Balaban J connectivity index is 2.01. The zero-order valence-corrected chi connectivity index (χ0v) is 11.4. The van der Waals surface area contributed by atoms with Crippen molar-refractivity contribution in [2.45, 2.75) is 45.6 Å². The monoisotopic (exact) mass is 245 g/mol. The number of amides is 1. The normalized spacial score (nSPS) is 19.5. The minimum atomic E-state index is 0.311. The quantitative estimate of drug-likeness (QED) is 0.790. The molecule has 1 unspecified atom stereocenters. The minimum absolute atomic E-state index is 0.311. The maximum absolute atomic E-state index is 12.3. The Morgan fingerprint density at radius 2 is 2.06 bits per heavy atom. The number of hydrogen-bond donors (Lipinski definition) is 0. The summed E-state index contributed by atoms with van der Waals surface area (Å²) in [5.74, 6) is 0.932. The SMILES string of the molecule is CC(C)CCC(=O)N1CCCC1c1ccccc1.